The van der Waals surface area contributed by atoms with Crippen LogP contribution in [0.2, 0.25) is 0 Å². The molecule has 17 heavy (non-hydrogen) atoms. The van der Waals surface area contributed by atoms with Crippen LogP contribution >= 0.6 is 27.5 Å². The number of alkyl halides is 1. The molecule has 1 atom stereocenters. The van der Waals surface area contributed by atoms with E-state index in [0.29, 0.717) is 0 Å². The molecule has 0 aliphatic heterocycles. The van der Waals surface area contributed by atoms with E-state index in [1.54, 1.807) is 0 Å². The minimum absolute atomic E-state index is 0.123. The van der Waals surface area contributed by atoms with Crippen molar-refractivity contribution in [2.75, 3.05) is 0 Å². The zero-order valence-electron chi connectivity index (χ0n) is 8.21. The maximum absolute atomic E-state index is 9.10. The van der Waals surface area contributed by atoms with Crippen molar-refractivity contribution in [1.82, 2.24) is 0 Å². The molecule has 1 aromatic rings. The number of aliphatic hydroxyl groups is 1. The van der Waals surface area contributed by atoms with E-state index in [9.17, 15) is 0 Å². The Morgan fingerprint density at radius 3 is 1.41 bits per heavy atom. The van der Waals surface area contributed by atoms with E-state index < -0.39 is 32.1 Å². The summed E-state index contributed by atoms with van der Waals surface area (Å²) in [4.78, 5) is 54.3. The van der Waals surface area contributed by atoms with Crippen LogP contribution in [0.5, 0.6) is 0 Å². The van der Waals surface area contributed by atoms with Crippen molar-refractivity contribution in [3.05, 3.63) is 23.8 Å². The van der Waals surface area contributed by atoms with Gasteiger partial charge in [0.1, 0.15) is 0 Å². The number of hydrogen-bond acceptors (Lipinski definition) is 7. The molecular weight excluding hydrogens is 293 g/mol. The van der Waals surface area contributed by atoms with Gasteiger partial charge in [0.05, 0.1) is 0 Å². The molecule has 0 bridgehead atoms. The summed E-state index contributed by atoms with van der Waals surface area (Å²) in [5, 5.41) is 8.17. The third kappa shape index (κ3) is 4.05. The molecule has 0 saturated heterocycles. The quantitative estimate of drug-likeness (QED) is 0.270. The molecule has 7 N–H and O–H groups in total. The van der Waals surface area contributed by atoms with E-state index in [1.807, 2.05) is 0 Å². The van der Waals surface area contributed by atoms with Crippen LogP contribution in [0, 0.1) is 0 Å². The summed E-state index contributed by atoms with van der Waals surface area (Å²) in [7, 11) is -8.83. The van der Waals surface area contributed by atoms with Gasteiger partial charge < -0.3 is 5.11 Å². The monoisotopic (exact) mass is 304 g/mol. The van der Waals surface area contributed by atoms with Gasteiger partial charge in [-0.3, -0.25) is 0 Å². The number of aliphatic hydroxyl groups excluding tert-OH is 1. The van der Waals surface area contributed by atoms with E-state index in [1.165, 1.54) is 0 Å². The van der Waals surface area contributed by atoms with Gasteiger partial charge in [0.15, 0.2) is 16.2 Å². The molecular formula is C7H11ClO7P2+2. The van der Waals surface area contributed by atoms with E-state index in [0.717, 1.165) is 18.2 Å². The van der Waals surface area contributed by atoms with Crippen LogP contribution in [0.4, 0.5) is 0 Å². The zero-order valence-corrected chi connectivity index (χ0v) is 10.8. The Balaban J connectivity index is 3.40. The SMILES string of the molecule is OC(Cl)c1cc([P+](O)(O)O)cc([P+](O)(O)O)c1. The highest BCUT2D eigenvalue weighted by molar-refractivity contribution is 7.68. The van der Waals surface area contributed by atoms with Crippen molar-refractivity contribution in [2.24, 2.45) is 0 Å². The second-order valence-corrected chi connectivity index (χ2v) is 6.97. The Kier molecular flexibility index (Phi) is 4.45. The van der Waals surface area contributed by atoms with Crippen molar-refractivity contribution in [3.8, 4) is 0 Å². The smallest absolute Gasteiger partial charge is 0.373 e. The normalized spacial score (nSPS) is 14.8. The second kappa shape index (κ2) is 4.99. The largest absolute Gasteiger partial charge is 0.441 e. The summed E-state index contributed by atoms with van der Waals surface area (Å²) in [5.41, 5.74) is -1.69. The molecule has 1 aromatic carbocycles. The van der Waals surface area contributed by atoms with Gasteiger partial charge in [0.2, 0.25) is 0 Å². The topological polar surface area (TPSA) is 142 Å². The predicted octanol–water partition coefficient (Wildman–Crippen LogP) is -1.35. The van der Waals surface area contributed by atoms with Crippen LogP contribution in [-0.2, 0) is 0 Å². The molecule has 7 nitrogen and oxygen atoms in total. The highest BCUT2D eigenvalue weighted by Gasteiger charge is 2.41. The Labute approximate surface area is 102 Å². The third-order valence-electron chi connectivity index (χ3n) is 1.89. The number of hydrogen-bond donors (Lipinski definition) is 7. The predicted molar refractivity (Wildman–Crippen MR) is 63.7 cm³/mol. The highest BCUT2D eigenvalue weighted by atomic mass is 35.5. The lowest BCUT2D eigenvalue weighted by Gasteiger charge is -2.10. The third-order valence-corrected chi connectivity index (χ3v) is 4.05. The molecule has 0 fully saturated rings. The molecule has 0 saturated carbocycles. The first-order valence-electron chi connectivity index (χ1n) is 4.14. The van der Waals surface area contributed by atoms with Crippen LogP contribution in [0.25, 0.3) is 0 Å². The van der Waals surface area contributed by atoms with E-state index in [2.05, 4.69) is 0 Å². The van der Waals surface area contributed by atoms with E-state index in [-0.39, 0.29) is 5.56 Å². The average Bonchev–Trinajstić information content (AvgIpc) is 2.14. The maximum Gasteiger partial charge on any atom is 0.441 e. The number of benzene rings is 1. The molecule has 0 aromatic heterocycles. The van der Waals surface area contributed by atoms with Crippen molar-refractivity contribution in [3.63, 3.8) is 0 Å². The van der Waals surface area contributed by atoms with Gasteiger partial charge in [0.25, 0.3) is 0 Å². The van der Waals surface area contributed by atoms with Crippen LogP contribution < -0.4 is 10.6 Å². The molecule has 0 heterocycles. The zero-order chi connectivity index (χ0) is 13.4. The standard InChI is InChI=1S/C7H11ClO7P2/c8-7(9)4-1-5(16(10,11)12)3-6(2-4)17(13,14)15/h1-3,7,9-15H/q+2. The van der Waals surface area contributed by atoms with Gasteiger partial charge in [-0.05, 0) is 12.1 Å². The lowest BCUT2D eigenvalue weighted by atomic mass is 10.2. The van der Waals surface area contributed by atoms with Gasteiger partial charge in [-0.25, -0.2) is 0 Å². The first kappa shape index (κ1) is 15.1. The van der Waals surface area contributed by atoms with E-state index >= 15 is 0 Å². The summed E-state index contributed by atoms with van der Waals surface area (Å²) in [5.74, 6) is 0. The summed E-state index contributed by atoms with van der Waals surface area (Å²) >= 11 is 5.34. The Morgan fingerprint density at radius 1 is 0.824 bits per heavy atom. The van der Waals surface area contributed by atoms with Crippen molar-refractivity contribution in [2.45, 2.75) is 5.56 Å². The molecule has 0 aliphatic rings. The van der Waals surface area contributed by atoms with Crippen molar-refractivity contribution < 1.29 is 34.5 Å². The van der Waals surface area contributed by atoms with Gasteiger partial charge in [-0.15, -0.1) is 0 Å². The fraction of sp³-hybridized carbons (Fsp3) is 0.143. The Hall–Kier alpha value is 0.0900. The molecule has 10 heteroatoms. The van der Waals surface area contributed by atoms with Gasteiger partial charge in [0, 0.05) is 11.6 Å². The van der Waals surface area contributed by atoms with Crippen molar-refractivity contribution >= 4 is 38.1 Å². The fourth-order valence-electron chi connectivity index (χ4n) is 1.10. The molecule has 1 unspecified atom stereocenters. The van der Waals surface area contributed by atoms with Gasteiger partial charge in [-0.2, -0.15) is 29.4 Å². The number of halogens is 1. The molecule has 0 radical (unpaired) electrons. The van der Waals surface area contributed by atoms with Gasteiger partial charge in [-0.1, -0.05) is 11.6 Å². The summed E-state index contributed by atoms with van der Waals surface area (Å²) in [6.45, 7) is 0. The van der Waals surface area contributed by atoms with Crippen LogP contribution in [0.1, 0.15) is 11.1 Å². The Bertz CT molecular complexity index is 379. The summed E-state index contributed by atoms with van der Waals surface area (Å²) in [6, 6.07) is 2.76. The summed E-state index contributed by atoms with van der Waals surface area (Å²) < 4.78 is 0. The first-order valence-corrected chi connectivity index (χ1v) is 7.88. The molecule has 0 spiro atoms. The lowest BCUT2D eigenvalue weighted by Crippen LogP contribution is -2.20. The van der Waals surface area contributed by atoms with Crippen LogP contribution in [0.3, 0.4) is 0 Å². The average molecular weight is 305 g/mol. The Morgan fingerprint density at radius 2 is 1.18 bits per heavy atom. The molecule has 1 rings (SSSR count). The molecule has 96 valence electrons. The number of rotatable bonds is 3. The lowest BCUT2D eigenvalue weighted by molar-refractivity contribution is 0.263. The second-order valence-electron chi connectivity index (χ2n) is 3.26. The van der Waals surface area contributed by atoms with Gasteiger partial charge >= 0.3 is 15.9 Å². The summed E-state index contributed by atoms with van der Waals surface area (Å²) in [6.07, 6.45) is 0. The van der Waals surface area contributed by atoms with Crippen molar-refractivity contribution in [1.29, 1.82) is 0 Å². The molecule has 0 amide bonds. The van der Waals surface area contributed by atoms with Crippen LogP contribution in [-0.4, -0.2) is 34.5 Å². The fourth-order valence-corrected chi connectivity index (χ4v) is 2.60. The minimum atomic E-state index is -4.42. The maximum atomic E-state index is 9.10. The van der Waals surface area contributed by atoms with E-state index in [4.69, 9.17) is 46.1 Å². The minimum Gasteiger partial charge on any atom is -0.373 e. The molecule has 0 aliphatic carbocycles. The van der Waals surface area contributed by atoms with Crippen LogP contribution in [0.15, 0.2) is 18.2 Å². The highest BCUT2D eigenvalue weighted by Crippen LogP contribution is 2.47. The first-order chi connectivity index (χ1) is 7.51.